The zero-order valence-electron chi connectivity index (χ0n) is 52.2. The number of benzene rings is 6. The van der Waals surface area contributed by atoms with Gasteiger partial charge in [0.2, 0.25) is 0 Å². The van der Waals surface area contributed by atoms with Crippen molar-refractivity contribution < 1.29 is 28.4 Å². The van der Waals surface area contributed by atoms with Crippen molar-refractivity contribution in [2.24, 2.45) is 10.2 Å². The molecule has 6 aromatic rings. The lowest BCUT2D eigenvalue weighted by Gasteiger charge is -2.26. The molecule has 0 atom stereocenters. The van der Waals surface area contributed by atoms with E-state index >= 15 is 0 Å². The fraction of sp³-hybridized carbons (Fsp3) is 0.500. The van der Waals surface area contributed by atoms with E-state index in [-0.39, 0.29) is 21.7 Å². The van der Waals surface area contributed by atoms with Gasteiger partial charge >= 0.3 is 0 Å². The van der Waals surface area contributed by atoms with E-state index in [2.05, 4.69) is 156 Å². The van der Waals surface area contributed by atoms with Crippen LogP contribution in [0.1, 0.15) is 185 Å². The molecule has 0 unspecified atom stereocenters. The van der Waals surface area contributed by atoms with Crippen LogP contribution in [0.3, 0.4) is 0 Å². The Bertz CT molecular complexity index is 3010. The van der Waals surface area contributed by atoms with Gasteiger partial charge in [0.1, 0.15) is 34.5 Å². The molecule has 0 fully saturated rings. The quantitative estimate of drug-likeness (QED) is 0.141. The summed E-state index contributed by atoms with van der Waals surface area (Å²) in [6.45, 7) is 27.6. The first kappa shape index (κ1) is 59.8. The molecule has 0 amide bonds. The molecule has 2 aliphatic rings. The summed E-state index contributed by atoms with van der Waals surface area (Å²) in [7, 11) is 10.9. The Morgan fingerprint density at radius 2 is 0.388 bits per heavy atom. The fourth-order valence-electron chi connectivity index (χ4n) is 12.3. The van der Waals surface area contributed by atoms with Gasteiger partial charge in [-0.3, -0.25) is 0 Å². The van der Waals surface area contributed by atoms with E-state index in [9.17, 15) is 0 Å². The van der Waals surface area contributed by atoms with Crippen LogP contribution >= 0.6 is 0 Å². The zero-order chi connectivity index (χ0) is 57.9. The lowest BCUT2D eigenvalue weighted by atomic mass is 9.81. The molecular formula is C72H94N2O6. The predicted molar refractivity (Wildman–Crippen MR) is 331 cm³/mol. The smallest absolute Gasteiger partial charge is 0.125 e. The van der Waals surface area contributed by atoms with Crippen LogP contribution < -0.4 is 28.4 Å². The number of methoxy groups -OCH3 is 6. The van der Waals surface area contributed by atoms with Crippen LogP contribution in [0, 0.1) is 0 Å². The highest BCUT2D eigenvalue weighted by atomic mass is 16.5. The zero-order valence-corrected chi connectivity index (χ0v) is 52.2. The van der Waals surface area contributed by atoms with Gasteiger partial charge in [-0.05, 0) is 225 Å². The molecular weight excluding hydrogens is 989 g/mol. The molecule has 428 valence electrons. The van der Waals surface area contributed by atoms with Crippen LogP contribution in [0.2, 0.25) is 0 Å². The topological polar surface area (TPSA) is 80.1 Å². The number of hydrogen-bond donors (Lipinski definition) is 0. The Balaban J connectivity index is 1.25. The summed E-state index contributed by atoms with van der Waals surface area (Å²) >= 11 is 0. The first-order valence-electron chi connectivity index (χ1n) is 29.5. The second kappa shape index (κ2) is 24.4. The van der Waals surface area contributed by atoms with Gasteiger partial charge in [-0.15, -0.1) is 0 Å². The van der Waals surface area contributed by atoms with Crippen molar-refractivity contribution in [3.8, 4) is 34.5 Å². The Labute approximate surface area is 481 Å². The summed E-state index contributed by atoms with van der Waals surface area (Å²) in [5, 5.41) is 10.3. The lowest BCUT2D eigenvalue weighted by molar-refractivity contribution is 0.396. The third-order valence-corrected chi connectivity index (χ3v) is 16.8. The highest BCUT2D eigenvalue weighted by Crippen LogP contribution is 2.43. The maximum atomic E-state index is 6.41. The largest absolute Gasteiger partial charge is 0.496 e. The van der Waals surface area contributed by atoms with E-state index in [1.54, 1.807) is 14.2 Å². The minimum atomic E-state index is -0.0592. The maximum Gasteiger partial charge on any atom is 0.125 e. The highest BCUT2D eigenvalue weighted by molar-refractivity contribution is 5.58. The van der Waals surface area contributed by atoms with Crippen molar-refractivity contribution in [1.82, 2.24) is 0 Å². The highest BCUT2D eigenvalue weighted by Gasteiger charge is 2.27. The first-order valence-corrected chi connectivity index (χ1v) is 29.5. The molecule has 8 nitrogen and oxygen atoms in total. The summed E-state index contributed by atoms with van der Waals surface area (Å²) in [6.07, 6.45) is 11.5. The normalized spacial score (nSPS) is 14.9. The van der Waals surface area contributed by atoms with Crippen molar-refractivity contribution in [1.29, 1.82) is 0 Å². The number of ether oxygens (including phenoxy) is 6. The molecule has 0 aromatic heterocycles. The van der Waals surface area contributed by atoms with Gasteiger partial charge in [0.15, 0.2) is 0 Å². The average Bonchev–Trinajstić information content (AvgIpc) is 3.41. The molecule has 0 spiro atoms. The summed E-state index contributed by atoms with van der Waals surface area (Å²) in [5.41, 5.74) is 20.9. The molecule has 2 aliphatic carbocycles. The monoisotopic (exact) mass is 1080 g/mol. The van der Waals surface area contributed by atoms with Crippen LogP contribution in [0.25, 0.3) is 0 Å². The fourth-order valence-corrected chi connectivity index (χ4v) is 12.3. The molecule has 8 heteroatoms. The molecule has 80 heavy (non-hydrogen) atoms. The average molecular weight is 1080 g/mol. The molecule has 0 aliphatic heterocycles. The van der Waals surface area contributed by atoms with Crippen molar-refractivity contribution >= 4 is 11.4 Å². The summed E-state index contributed by atoms with van der Waals surface area (Å²) < 4.78 is 38.3. The van der Waals surface area contributed by atoms with E-state index in [4.69, 9.17) is 38.6 Å². The Hall–Kier alpha value is -6.28. The third kappa shape index (κ3) is 13.5. The number of aryl methyl sites for hydroxylation is 12. The number of fused-ring (bicyclic) bond motifs is 12. The van der Waals surface area contributed by atoms with Crippen LogP contribution in [-0.4, -0.2) is 42.7 Å². The van der Waals surface area contributed by atoms with E-state index in [0.717, 1.165) is 158 Å². The van der Waals surface area contributed by atoms with Gasteiger partial charge in [-0.25, -0.2) is 0 Å². The van der Waals surface area contributed by atoms with E-state index < -0.39 is 0 Å². The number of azo groups is 1. The van der Waals surface area contributed by atoms with Gasteiger partial charge in [-0.2, -0.15) is 10.2 Å². The lowest BCUT2D eigenvalue weighted by Crippen LogP contribution is -2.15. The number of rotatable bonds is 8. The van der Waals surface area contributed by atoms with Crippen LogP contribution in [0.15, 0.2) is 83.0 Å². The molecule has 8 rings (SSSR count). The second-order valence-corrected chi connectivity index (χ2v) is 26.8. The maximum absolute atomic E-state index is 6.41. The van der Waals surface area contributed by atoms with Crippen molar-refractivity contribution in [3.05, 3.63) is 162 Å². The molecule has 0 saturated heterocycles. The molecule has 0 heterocycles. The van der Waals surface area contributed by atoms with Gasteiger partial charge in [0, 0.05) is 0 Å². The molecule has 0 saturated carbocycles. The standard InChI is InChI=1S/C72H94N2O6/c1-69(2,3)57-33-45-21-19-23-47-41-61(43-55(65(47)77-15)31-29-53-39-59(71(7,8)9)37-51(67(53)79-17)27-25-49(35-57)63(45)75-13)73-74-62-42-48-24-20-22-46-34-58(70(4,5)6)36-50(64(46)76-14)26-28-52-38-60(72(10,11)12)40-54(68(52)80-18)30-32-56(44-62)66(48)78-16/h33-44H,19-32H2,1-18H3. The Kier molecular flexibility index (Phi) is 18.3. The van der Waals surface area contributed by atoms with Crippen LogP contribution in [0.4, 0.5) is 11.4 Å². The Morgan fingerprint density at radius 1 is 0.237 bits per heavy atom. The third-order valence-electron chi connectivity index (χ3n) is 16.8. The summed E-state index contributed by atoms with van der Waals surface area (Å²) in [5.74, 6) is 5.73. The predicted octanol–water partition coefficient (Wildman–Crippen LogP) is 17.5. The molecule has 6 aromatic carbocycles. The van der Waals surface area contributed by atoms with Crippen LogP contribution in [-0.2, 0) is 98.7 Å². The molecule has 0 radical (unpaired) electrons. The van der Waals surface area contributed by atoms with Crippen molar-refractivity contribution in [2.45, 2.75) is 195 Å². The van der Waals surface area contributed by atoms with Gasteiger partial charge < -0.3 is 28.4 Å². The summed E-state index contributed by atoms with van der Waals surface area (Å²) in [6, 6.07) is 27.7. The van der Waals surface area contributed by atoms with E-state index in [1.165, 1.54) is 66.8 Å². The van der Waals surface area contributed by atoms with Gasteiger partial charge in [-0.1, -0.05) is 132 Å². The second-order valence-electron chi connectivity index (χ2n) is 26.8. The number of hydrogen-bond acceptors (Lipinski definition) is 8. The van der Waals surface area contributed by atoms with Crippen LogP contribution in [0.5, 0.6) is 34.5 Å². The SMILES string of the molecule is COc1c2cc(N=Nc3cc4c(OC)c(c3)CCc3cc(C(C)(C)C)cc(c3OC)CCc3cc(C(C)(C)C)cc(c3OC)CCC4)cc1CCc1cc(C(C)(C)C)cc(c1OC)CCc1cc(C(C)(C)C)cc(c1OC)CCC2. The molecule has 12 bridgehead atoms. The minimum Gasteiger partial charge on any atom is -0.496 e. The number of nitrogens with zero attached hydrogens (tertiary/aromatic N) is 2. The Morgan fingerprint density at radius 3 is 0.550 bits per heavy atom. The first-order chi connectivity index (χ1) is 37.9. The minimum absolute atomic E-state index is 0.0324. The van der Waals surface area contributed by atoms with Gasteiger partial charge in [0.25, 0.3) is 0 Å². The van der Waals surface area contributed by atoms with Crippen molar-refractivity contribution in [2.75, 3.05) is 42.7 Å². The van der Waals surface area contributed by atoms with E-state index in [0.29, 0.717) is 0 Å². The molecule has 0 N–H and O–H groups in total. The van der Waals surface area contributed by atoms with Gasteiger partial charge in [0.05, 0.1) is 54.0 Å². The van der Waals surface area contributed by atoms with Crippen molar-refractivity contribution in [3.63, 3.8) is 0 Å². The van der Waals surface area contributed by atoms with E-state index in [1.807, 2.05) is 28.4 Å². The summed E-state index contributed by atoms with van der Waals surface area (Å²) in [4.78, 5) is 0.